The summed E-state index contributed by atoms with van der Waals surface area (Å²) in [7, 11) is 1.31. The molecule has 0 aliphatic carbocycles. The number of imidazole rings is 1. The van der Waals surface area contributed by atoms with E-state index in [2.05, 4.69) is 33.2 Å². The van der Waals surface area contributed by atoms with E-state index in [1.807, 2.05) is 128 Å². The summed E-state index contributed by atoms with van der Waals surface area (Å²) in [5.74, 6) is -0.483. The maximum absolute atomic E-state index is 12.8. The summed E-state index contributed by atoms with van der Waals surface area (Å²) in [5, 5.41) is 15.2. The molecule has 1 aliphatic heterocycles. The van der Waals surface area contributed by atoms with E-state index in [0.29, 0.717) is 13.0 Å². The Hall–Kier alpha value is -5.81. The minimum absolute atomic E-state index is 0.0167. The highest BCUT2D eigenvalue weighted by molar-refractivity contribution is 5.83. The van der Waals surface area contributed by atoms with Crippen LogP contribution >= 0.6 is 0 Å². The fourth-order valence-corrected chi connectivity index (χ4v) is 6.95. The first kappa shape index (κ1) is 36.5. The van der Waals surface area contributed by atoms with Gasteiger partial charge in [0, 0.05) is 24.4 Å². The second-order valence-corrected chi connectivity index (χ2v) is 13.6. The number of hydrogen-bond donors (Lipinski definition) is 3. The Morgan fingerprint density at radius 3 is 2.30 bits per heavy atom. The molecule has 5 atom stereocenters. The highest BCUT2D eigenvalue weighted by Crippen LogP contribution is 2.42. The molecule has 5 unspecified atom stereocenters. The van der Waals surface area contributed by atoms with Gasteiger partial charge in [-0.3, -0.25) is 0 Å². The zero-order chi connectivity index (χ0) is 37.4. The van der Waals surface area contributed by atoms with Crippen LogP contribution in [0.5, 0.6) is 0 Å². The van der Waals surface area contributed by atoms with Crippen LogP contribution in [0.1, 0.15) is 47.1 Å². The van der Waals surface area contributed by atoms with Gasteiger partial charge in [-0.25, -0.2) is 14.6 Å². The van der Waals surface area contributed by atoms with Crippen molar-refractivity contribution in [1.29, 1.82) is 0 Å². The van der Waals surface area contributed by atoms with Crippen molar-refractivity contribution in [2.75, 3.05) is 7.11 Å². The second kappa shape index (κ2) is 16.9. The van der Waals surface area contributed by atoms with Crippen molar-refractivity contribution in [3.8, 4) is 11.1 Å². The normalized spacial score (nSPS) is 18.9. The topological polar surface area (TPSA) is 124 Å². The van der Waals surface area contributed by atoms with Gasteiger partial charge in [-0.05, 0) is 51.6 Å². The van der Waals surface area contributed by atoms with Crippen LogP contribution in [0.15, 0.2) is 134 Å². The Balaban J connectivity index is 1.04. The van der Waals surface area contributed by atoms with Crippen molar-refractivity contribution in [3.05, 3.63) is 162 Å². The molecule has 2 amide bonds. The number of aliphatic hydroxyl groups is 1. The van der Waals surface area contributed by atoms with Gasteiger partial charge >= 0.3 is 12.0 Å². The van der Waals surface area contributed by atoms with E-state index in [9.17, 15) is 14.7 Å². The Kier molecular flexibility index (Phi) is 11.4. The van der Waals surface area contributed by atoms with Crippen molar-refractivity contribution in [2.24, 2.45) is 5.92 Å². The lowest BCUT2D eigenvalue weighted by Crippen LogP contribution is -2.47. The van der Waals surface area contributed by atoms with Gasteiger partial charge in [0.25, 0.3) is 0 Å². The molecule has 0 radical (unpaired) electrons. The van der Waals surface area contributed by atoms with Gasteiger partial charge in [0.05, 0.1) is 49.8 Å². The fourth-order valence-electron chi connectivity index (χ4n) is 6.95. The number of ether oxygens (including phenoxy) is 3. The van der Waals surface area contributed by atoms with Crippen molar-refractivity contribution in [3.63, 3.8) is 0 Å². The summed E-state index contributed by atoms with van der Waals surface area (Å²) in [6, 6.07) is 40.3. The zero-order valence-corrected chi connectivity index (χ0v) is 30.3. The standard InChI is InChI=1S/C44H44N4O6/c1-29-40(26-48-28-46-37-13-6-7-14-39(37)48)53-43(54-41(29)34-17-15-31(27-49)16-18-34)35-21-19-33(20-22-35)36-12-8-11-32(23-36)25-45-44(51)47-38(42(50)52-2)24-30-9-4-3-5-10-30/h3-23,28-29,38,40-41,43,49H,24-27H2,1-2H3,(H2,45,47,51). The first-order valence-corrected chi connectivity index (χ1v) is 18.1. The molecule has 276 valence electrons. The lowest BCUT2D eigenvalue weighted by atomic mass is 9.90. The molecule has 1 aliphatic rings. The Bertz CT molecular complexity index is 2170. The highest BCUT2D eigenvalue weighted by atomic mass is 16.7. The molecule has 5 aromatic carbocycles. The smallest absolute Gasteiger partial charge is 0.328 e. The summed E-state index contributed by atoms with van der Waals surface area (Å²) < 4.78 is 20.5. The van der Waals surface area contributed by atoms with Crippen LogP contribution in [-0.4, -0.2) is 45.9 Å². The van der Waals surface area contributed by atoms with Crippen LogP contribution in [0.4, 0.5) is 4.79 Å². The third-order valence-corrected chi connectivity index (χ3v) is 10.00. The molecule has 6 aromatic rings. The molecule has 1 aromatic heterocycles. The number of hydrogen-bond acceptors (Lipinski definition) is 7. The highest BCUT2D eigenvalue weighted by Gasteiger charge is 2.38. The molecule has 0 spiro atoms. The molecule has 54 heavy (non-hydrogen) atoms. The number of benzene rings is 5. The van der Waals surface area contributed by atoms with Gasteiger partial charge in [-0.1, -0.05) is 116 Å². The Morgan fingerprint density at radius 1 is 0.815 bits per heavy atom. The van der Waals surface area contributed by atoms with Gasteiger partial charge in [-0.15, -0.1) is 0 Å². The minimum Gasteiger partial charge on any atom is -0.467 e. The lowest BCUT2D eigenvalue weighted by Gasteiger charge is -2.41. The lowest BCUT2D eigenvalue weighted by molar-refractivity contribution is -0.276. The first-order chi connectivity index (χ1) is 26.4. The Labute approximate surface area is 314 Å². The number of para-hydroxylation sites is 2. The number of carbonyl (C=O) groups is 2. The number of esters is 1. The molecule has 7 rings (SSSR count). The molecule has 0 bridgehead atoms. The van der Waals surface area contributed by atoms with Gasteiger partial charge in [-0.2, -0.15) is 0 Å². The number of nitrogens with one attached hydrogen (secondary N) is 2. The third kappa shape index (κ3) is 8.52. The molecule has 2 heterocycles. The van der Waals surface area contributed by atoms with Crippen molar-refractivity contribution in [2.45, 2.75) is 57.6 Å². The molecule has 10 heteroatoms. The number of aromatic nitrogens is 2. The molecule has 10 nitrogen and oxygen atoms in total. The average Bonchev–Trinajstić information content (AvgIpc) is 3.63. The van der Waals surface area contributed by atoms with E-state index < -0.39 is 24.3 Å². The van der Waals surface area contributed by atoms with Gasteiger partial charge in [0.15, 0.2) is 6.29 Å². The largest absolute Gasteiger partial charge is 0.467 e. The molecular formula is C44H44N4O6. The van der Waals surface area contributed by atoms with E-state index >= 15 is 0 Å². The van der Waals surface area contributed by atoms with E-state index in [1.54, 1.807) is 0 Å². The van der Waals surface area contributed by atoms with Crippen LogP contribution in [-0.2, 0) is 45.1 Å². The minimum atomic E-state index is -0.814. The van der Waals surface area contributed by atoms with Crippen LogP contribution in [0.3, 0.4) is 0 Å². The maximum Gasteiger partial charge on any atom is 0.328 e. The number of fused-ring (bicyclic) bond motifs is 1. The average molecular weight is 725 g/mol. The summed E-state index contributed by atoms with van der Waals surface area (Å²) in [4.78, 5) is 29.8. The number of carbonyl (C=O) groups excluding carboxylic acids is 2. The van der Waals surface area contributed by atoms with Gasteiger partial charge in [0.1, 0.15) is 6.04 Å². The van der Waals surface area contributed by atoms with E-state index in [1.165, 1.54) is 7.11 Å². The van der Waals surface area contributed by atoms with E-state index in [0.717, 1.165) is 50.0 Å². The number of nitrogens with zero attached hydrogens (tertiary/aromatic N) is 2. The monoisotopic (exact) mass is 724 g/mol. The molecule has 3 N–H and O–H groups in total. The molecule has 0 saturated carbocycles. The number of aliphatic hydroxyl groups excluding tert-OH is 1. The van der Waals surface area contributed by atoms with Crippen LogP contribution in [0.25, 0.3) is 22.2 Å². The van der Waals surface area contributed by atoms with E-state index in [4.69, 9.17) is 14.2 Å². The number of urea groups is 1. The Morgan fingerprint density at radius 2 is 1.54 bits per heavy atom. The van der Waals surface area contributed by atoms with Crippen LogP contribution in [0.2, 0.25) is 0 Å². The number of amides is 2. The van der Waals surface area contributed by atoms with Crippen LogP contribution in [0, 0.1) is 5.92 Å². The summed E-state index contributed by atoms with van der Waals surface area (Å²) in [6.07, 6.45) is 1.17. The SMILES string of the molecule is COC(=O)C(Cc1ccccc1)NC(=O)NCc1cccc(-c2ccc(C3OC(Cn4cnc5ccccc54)C(C)C(c4ccc(CO)cc4)O3)cc2)c1. The quantitative estimate of drug-likeness (QED) is 0.114. The van der Waals surface area contributed by atoms with Crippen molar-refractivity contribution >= 4 is 23.0 Å². The van der Waals surface area contributed by atoms with Gasteiger partial charge in [0.2, 0.25) is 0 Å². The molecule has 1 saturated heterocycles. The van der Waals surface area contributed by atoms with Crippen LogP contribution < -0.4 is 10.6 Å². The summed E-state index contributed by atoms with van der Waals surface area (Å²) in [5.41, 5.74) is 8.58. The van der Waals surface area contributed by atoms with Crippen molar-refractivity contribution in [1.82, 2.24) is 20.2 Å². The molecule has 1 fully saturated rings. The third-order valence-electron chi connectivity index (χ3n) is 10.00. The number of rotatable bonds is 12. The predicted molar refractivity (Wildman–Crippen MR) is 206 cm³/mol. The van der Waals surface area contributed by atoms with Gasteiger partial charge < -0.3 is 34.5 Å². The molecular weight excluding hydrogens is 681 g/mol. The number of methoxy groups -OCH3 is 1. The zero-order valence-electron chi connectivity index (χ0n) is 30.3. The summed E-state index contributed by atoms with van der Waals surface area (Å²) >= 11 is 0. The van der Waals surface area contributed by atoms with Crippen molar-refractivity contribution < 1.29 is 28.9 Å². The maximum atomic E-state index is 12.8. The first-order valence-electron chi connectivity index (χ1n) is 18.1. The second-order valence-electron chi connectivity index (χ2n) is 13.6. The van der Waals surface area contributed by atoms with E-state index in [-0.39, 0.29) is 31.3 Å². The predicted octanol–water partition coefficient (Wildman–Crippen LogP) is 7.27. The fraction of sp³-hybridized carbons (Fsp3) is 0.250. The summed E-state index contributed by atoms with van der Waals surface area (Å²) in [6.45, 7) is 3.02.